The average molecular weight is 289 g/mol. The molecule has 1 aromatic carbocycles. The van der Waals surface area contributed by atoms with E-state index in [4.69, 9.17) is 0 Å². The van der Waals surface area contributed by atoms with Crippen molar-refractivity contribution in [3.05, 3.63) is 35.2 Å². The van der Waals surface area contributed by atoms with Crippen molar-refractivity contribution in [2.24, 2.45) is 5.41 Å². The Kier molecular flexibility index (Phi) is 3.76. The van der Waals surface area contributed by atoms with Gasteiger partial charge in [0.1, 0.15) is 0 Å². The van der Waals surface area contributed by atoms with Gasteiger partial charge in [-0.1, -0.05) is 31.0 Å². The lowest BCUT2D eigenvalue weighted by Crippen LogP contribution is -2.38. The van der Waals surface area contributed by atoms with E-state index in [1.165, 1.54) is 0 Å². The second kappa shape index (κ2) is 5.54. The van der Waals surface area contributed by atoms with Gasteiger partial charge in [-0.3, -0.25) is 4.79 Å². The fourth-order valence-corrected chi connectivity index (χ4v) is 3.97. The smallest absolute Gasteiger partial charge is 0.252 e. The van der Waals surface area contributed by atoms with Gasteiger partial charge in [-0.2, -0.15) is 0 Å². The van der Waals surface area contributed by atoms with Gasteiger partial charge in [-0.25, -0.2) is 0 Å². The number of aliphatic hydroxyl groups excluding tert-OH is 1. The standard InChI is InChI=1S/C16H19NO2S/c18-11-16(7-3-4-8-16)10-17-15(19)13-9-20-14-6-2-1-5-12(13)14/h1-2,5-6,9,18H,3-4,7-8,10-11H2,(H,17,19). The molecule has 1 aliphatic carbocycles. The molecular formula is C16H19NO2S. The first-order valence-corrected chi connectivity index (χ1v) is 7.97. The number of thiophene rings is 1. The number of fused-ring (bicyclic) bond motifs is 1. The third-order valence-corrected chi connectivity index (χ3v) is 5.31. The highest BCUT2D eigenvalue weighted by Gasteiger charge is 2.33. The Labute approximate surface area is 122 Å². The van der Waals surface area contributed by atoms with Crippen molar-refractivity contribution in [1.29, 1.82) is 0 Å². The zero-order chi connectivity index (χ0) is 14.0. The Hall–Kier alpha value is -1.39. The van der Waals surface area contributed by atoms with Crippen molar-refractivity contribution in [1.82, 2.24) is 5.32 Å². The summed E-state index contributed by atoms with van der Waals surface area (Å²) < 4.78 is 1.13. The molecule has 2 aromatic rings. The third kappa shape index (κ3) is 2.45. The summed E-state index contributed by atoms with van der Waals surface area (Å²) in [5.41, 5.74) is 0.651. The van der Waals surface area contributed by atoms with Crippen molar-refractivity contribution in [3.8, 4) is 0 Å². The molecule has 3 rings (SSSR count). The number of hydrogen-bond acceptors (Lipinski definition) is 3. The van der Waals surface area contributed by atoms with Crippen LogP contribution in [0.4, 0.5) is 0 Å². The highest BCUT2D eigenvalue weighted by molar-refractivity contribution is 7.17. The van der Waals surface area contributed by atoms with E-state index < -0.39 is 0 Å². The van der Waals surface area contributed by atoms with Crippen LogP contribution >= 0.6 is 11.3 Å². The van der Waals surface area contributed by atoms with Crippen LogP contribution in [0.15, 0.2) is 29.6 Å². The molecule has 0 spiro atoms. The molecule has 1 amide bonds. The van der Waals surface area contributed by atoms with Crippen LogP contribution in [-0.2, 0) is 0 Å². The maximum absolute atomic E-state index is 12.3. The lowest BCUT2D eigenvalue weighted by molar-refractivity contribution is 0.0882. The fourth-order valence-electron chi connectivity index (χ4n) is 3.03. The first-order chi connectivity index (χ1) is 9.74. The zero-order valence-electron chi connectivity index (χ0n) is 11.4. The normalized spacial score (nSPS) is 17.4. The molecule has 0 radical (unpaired) electrons. The molecule has 106 valence electrons. The molecule has 2 N–H and O–H groups in total. The van der Waals surface area contributed by atoms with Crippen molar-refractivity contribution >= 4 is 27.3 Å². The van der Waals surface area contributed by atoms with Crippen LogP contribution in [0, 0.1) is 5.41 Å². The van der Waals surface area contributed by atoms with Gasteiger partial charge in [0, 0.05) is 27.4 Å². The van der Waals surface area contributed by atoms with E-state index in [2.05, 4.69) is 5.32 Å². The average Bonchev–Trinajstić information content (AvgIpc) is 3.12. The van der Waals surface area contributed by atoms with Gasteiger partial charge < -0.3 is 10.4 Å². The van der Waals surface area contributed by atoms with Gasteiger partial charge in [0.05, 0.1) is 12.2 Å². The summed E-state index contributed by atoms with van der Waals surface area (Å²) in [5, 5.41) is 15.5. The van der Waals surface area contributed by atoms with Crippen molar-refractivity contribution in [3.63, 3.8) is 0 Å². The van der Waals surface area contributed by atoms with Crippen LogP contribution in [-0.4, -0.2) is 24.2 Å². The van der Waals surface area contributed by atoms with Crippen LogP contribution < -0.4 is 5.32 Å². The summed E-state index contributed by atoms with van der Waals surface area (Å²) in [4.78, 5) is 12.3. The van der Waals surface area contributed by atoms with E-state index in [1.807, 2.05) is 29.6 Å². The quantitative estimate of drug-likeness (QED) is 0.908. The summed E-state index contributed by atoms with van der Waals surface area (Å²) >= 11 is 1.60. The van der Waals surface area contributed by atoms with E-state index >= 15 is 0 Å². The SMILES string of the molecule is O=C(NCC1(CO)CCCC1)c1csc2ccccc12. The van der Waals surface area contributed by atoms with Gasteiger partial charge >= 0.3 is 0 Å². The van der Waals surface area contributed by atoms with E-state index in [0.29, 0.717) is 6.54 Å². The Morgan fingerprint density at radius 2 is 2.05 bits per heavy atom. The van der Waals surface area contributed by atoms with E-state index in [9.17, 15) is 9.90 Å². The van der Waals surface area contributed by atoms with Crippen LogP contribution in [0.5, 0.6) is 0 Å². The number of benzene rings is 1. The highest BCUT2D eigenvalue weighted by Crippen LogP contribution is 2.37. The van der Waals surface area contributed by atoms with Crippen LogP contribution in [0.2, 0.25) is 0 Å². The van der Waals surface area contributed by atoms with Gasteiger partial charge in [-0.05, 0) is 18.9 Å². The van der Waals surface area contributed by atoms with Crippen LogP contribution in [0.3, 0.4) is 0 Å². The second-order valence-electron chi connectivity index (χ2n) is 5.69. The Balaban J connectivity index is 1.73. The number of amides is 1. The zero-order valence-corrected chi connectivity index (χ0v) is 12.2. The Bertz CT molecular complexity index is 614. The summed E-state index contributed by atoms with van der Waals surface area (Å²) in [5.74, 6) is -0.0258. The lowest BCUT2D eigenvalue weighted by Gasteiger charge is -2.26. The molecule has 0 unspecified atom stereocenters. The number of nitrogens with one attached hydrogen (secondary N) is 1. The van der Waals surface area contributed by atoms with E-state index in [-0.39, 0.29) is 17.9 Å². The fraction of sp³-hybridized carbons (Fsp3) is 0.438. The Morgan fingerprint density at radius 1 is 1.30 bits per heavy atom. The minimum atomic E-state index is -0.0957. The molecule has 20 heavy (non-hydrogen) atoms. The Morgan fingerprint density at radius 3 is 2.80 bits per heavy atom. The number of carbonyl (C=O) groups excluding carboxylic acids is 1. The molecule has 1 aromatic heterocycles. The van der Waals surface area contributed by atoms with Gasteiger partial charge in [0.15, 0.2) is 0 Å². The molecule has 1 saturated carbocycles. The monoisotopic (exact) mass is 289 g/mol. The molecule has 1 heterocycles. The summed E-state index contributed by atoms with van der Waals surface area (Å²) in [6.45, 7) is 0.740. The largest absolute Gasteiger partial charge is 0.396 e. The predicted molar refractivity (Wildman–Crippen MR) is 82.1 cm³/mol. The number of rotatable bonds is 4. The predicted octanol–water partition coefficient (Wildman–Crippen LogP) is 3.18. The topological polar surface area (TPSA) is 49.3 Å². The number of carbonyl (C=O) groups is 1. The summed E-state index contributed by atoms with van der Waals surface area (Å²) in [6, 6.07) is 7.96. The molecule has 1 fully saturated rings. The molecule has 1 aliphatic rings. The number of aliphatic hydroxyl groups is 1. The summed E-state index contributed by atoms with van der Waals surface area (Å²) in [7, 11) is 0. The molecule has 3 nitrogen and oxygen atoms in total. The molecule has 0 atom stereocenters. The first-order valence-electron chi connectivity index (χ1n) is 7.09. The minimum absolute atomic E-state index is 0.0258. The second-order valence-corrected chi connectivity index (χ2v) is 6.60. The van der Waals surface area contributed by atoms with Crippen LogP contribution in [0.25, 0.3) is 10.1 Å². The van der Waals surface area contributed by atoms with Crippen LogP contribution in [0.1, 0.15) is 36.0 Å². The molecular weight excluding hydrogens is 270 g/mol. The highest BCUT2D eigenvalue weighted by atomic mass is 32.1. The summed E-state index contributed by atoms with van der Waals surface area (Å²) in [6.07, 6.45) is 4.32. The minimum Gasteiger partial charge on any atom is -0.396 e. The molecule has 0 aliphatic heterocycles. The van der Waals surface area contributed by atoms with E-state index in [0.717, 1.165) is 41.3 Å². The van der Waals surface area contributed by atoms with Crippen molar-refractivity contribution < 1.29 is 9.90 Å². The third-order valence-electron chi connectivity index (χ3n) is 4.35. The van der Waals surface area contributed by atoms with Gasteiger partial charge in [0.25, 0.3) is 5.91 Å². The lowest BCUT2D eigenvalue weighted by atomic mass is 9.87. The number of hydrogen-bond donors (Lipinski definition) is 2. The maximum atomic E-state index is 12.3. The molecule has 0 bridgehead atoms. The van der Waals surface area contributed by atoms with Gasteiger partial charge in [0.2, 0.25) is 0 Å². The van der Waals surface area contributed by atoms with Crippen molar-refractivity contribution in [2.45, 2.75) is 25.7 Å². The van der Waals surface area contributed by atoms with E-state index in [1.54, 1.807) is 11.3 Å². The van der Waals surface area contributed by atoms with Crippen molar-refractivity contribution in [2.75, 3.05) is 13.2 Å². The van der Waals surface area contributed by atoms with Gasteiger partial charge in [-0.15, -0.1) is 11.3 Å². The molecule has 0 saturated heterocycles. The maximum Gasteiger partial charge on any atom is 0.252 e. The first kappa shape index (κ1) is 13.6. The molecule has 4 heteroatoms.